The molecule has 3 nitrogen and oxygen atoms in total. The van der Waals surface area contributed by atoms with Gasteiger partial charge in [-0.3, -0.25) is 0 Å². The van der Waals surface area contributed by atoms with E-state index in [0.717, 1.165) is 38.0 Å². The third-order valence-electron chi connectivity index (χ3n) is 4.09. The molecule has 0 aliphatic carbocycles. The SMILES string of the molecule is OCCC1CCCN(CCC(O)c2cccc(Cl)c2)C1. The number of benzene rings is 1. The summed E-state index contributed by atoms with van der Waals surface area (Å²) in [6, 6.07) is 7.44. The minimum atomic E-state index is -0.452. The molecule has 1 aliphatic rings. The van der Waals surface area contributed by atoms with Gasteiger partial charge >= 0.3 is 0 Å². The van der Waals surface area contributed by atoms with E-state index in [1.165, 1.54) is 12.8 Å². The van der Waals surface area contributed by atoms with Crippen LogP contribution in [-0.4, -0.2) is 41.4 Å². The number of hydrogen-bond acceptors (Lipinski definition) is 3. The van der Waals surface area contributed by atoms with Gasteiger partial charge in [0.05, 0.1) is 6.10 Å². The van der Waals surface area contributed by atoms with E-state index in [-0.39, 0.29) is 6.61 Å². The predicted octanol–water partition coefficient (Wildman–Crippen LogP) is 2.86. The molecule has 0 radical (unpaired) electrons. The van der Waals surface area contributed by atoms with E-state index >= 15 is 0 Å². The Labute approximate surface area is 126 Å². The topological polar surface area (TPSA) is 43.7 Å². The Bertz CT molecular complexity index is 411. The molecule has 0 amide bonds. The normalized spacial score (nSPS) is 21.9. The number of rotatable bonds is 6. The summed E-state index contributed by atoms with van der Waals surface area (Å²) in [5, 5.41) is 19.9. The van der Waals surface area contributed by atoms with Crippen LogP contribution in [0, 0.1) is 5.92 Å². The number of likely N-dealkylation sites (tertiary alicyclic amines) is 1. The van der Waals surface area contributed by atoms with Crippen LogP contribution in [0.25, 0.3) is 0 Å². The molecule has 0 saturated carbocycles. The smallest absolute Gasteiger partial charge is 0.0802 e. The van der Waals surface area contributed by atoms with Crippen LogP contribution in [0.1, 0.15) is 37.4 Å². The number of halogens is 1. The van der Waals surface area contributed by atoms with E-state index in [2.05, 4.69) is 4.90 Å². The van der Waals surface area contributed by atoms with Gasteiger partial charge in [-0.2, -0.15) is 0 Å². The van der Waals surface area contributed by atoms with Gasteiger partial charge in [0.15, 0.2) is 0 Å². The van der Waals surface area contributed by atoms with Crippen molar-refractivity contribution in [1.82, 2.24) is 4.90 Å². The molecule has 1 fully saturated rings. The van der Waals surface area contributed by atoms with E-state index in [1.54, 1.807) is 0 Å². The van der Waals surface area contributed by atoms with Crippen molar-refractivity contribution in [3.63, 3.8) is 0 Å². The summed E-state index contributed by atoms with van der Waals surface area (Å²) in [7, 11) is 0. The number of aliphatic hydroxyl groups is 2. The van der Waals surface area contributed by atoms with Gasteiger partial charge in [0.25, 0.3) is 0 Å². The minimum absolute atomic E-state index is 0.281. The third-order valence-corrected chi connectivity index (χ3v) is 4.33. The van der Waals surface area contributed by atoms with Crippen LogP contribution in [0.5, 0.6) is 0 Å². The van der Waals surface area contributed by atoms with Crippen molar-refractivity contribution >= 4 is 11.6 Å². The first kappa shape index (κ1) is 15.8. The average molecular weight is 298 g/mol. The second-order valence-corrected chi connectivity index (χ2v) is 6.12. The third kappa shape index (κ3) is 4.74. The first-order valence-electron chi connectivity index (χ1n) is 7.46. The molecular formula is C16H24ClNO2. The quantitative estimate of drug-likeness (QED) is 0.848. The molecule has 2 unspecified atom stereocenters. The lowest BCUT2D eigenvalue weighted by Crippen LogP contribution is -2.36. The van der Waals surface area contributed by atoms with Crippen molar-refractivity contribution in [2.45, 2.75) is 31.8 Å². The maximum absolute atomic E-state index is 10.2. The van der Waals surface area contributed by atoms with Crippen LogP contribution in [0.15, 0.2) is 24.3 Å². The second kappa shape index (κ2) is 7.99. The molecule has 4 heteroatoms. The molecule has 1 aromatic rings. The molecule has 0 spiro atoms. The van der Waals surface area contributed by atoms with Gasteiger partial charge < -0.3 is 15.1 Å². The molecule has 2 N–H and O–H groups in total. The summed E-state index contributed by atoms with van der Waals surface area (Å²) < 4.78 is 0. The van der Waals surface area contributed by atoms with Crippen LogP contribution in [0.3, 0.4) is 0 Å². The fourth-order valence-electron chi connectivity index (χ4n) is 2.96. The number of piperidine rings is 1. The zero-order valence-corrected chi connectivity index (χ0v) is 12.6. The Hall–Kier alpha value is -0.610. The van der Waals surface area contributed by atoms with Gasteiger partial charge in [0.1, 0.15) is 0 Å². The number of nitrogens with zero attached hydrogens (tertiary/aromatic N) is 1. The van der Waals surface area contributed by atoms with Crippen molar-refractivity contribution < 1.29 is 10.2 Å². The lowest BCUT2D eigenvalue weighted by Gasteiger charge is -2.33. The molecule has 20 heavy (non-hydrogen) atoms. The molecule has 0 bridgehead atoms. The van der Waals surface area contributed by atoms with E-state index in [1.807, 2.05) is 24.3 Å². The average Bonchev–Trinajstić information content (AvgIpc) is 2.45. The first-order valence-corrected chi connectivity index (χ1v) is 7.83. The summed E-state index contributed by atoms with van der Waals surface area (Å²) in [6.45, 7) is 3.33. The minimum Gasteiger partial charge on any atom is -0.396 e. The van der Waals surface area contributed by atoms with Gasteiger partial charge in [0.2, 0.25) is 0 Å². The molecule has 2 atom stereocenters. The monoisotopic (exact) mass is 297 g/mol. The maximum atomic E-state index is 10.2. The van der Waals surface area contributed by atoms with Crippen LogP contribution in [0.4, 0.5) is 0 Å². The van der Waals surface area contributed by atoms with Crippen molar-refractivity contribution in [3.05, 3.63) is 34.9 Å². The summed E-state index contributed by atoms with van der Waals surface area (Å²) in [4.78, 5) is 2.40. The van der Waals surface area contributed by atoms with Crippen LogP contribution in [0.2, 0.25) is 5.02 Å². The summed E-state index contributed by atoms with van der Waals surface area (Å²) in [5.74, 6) is 0.608. The Morgan fingerprint density at radius 2 is 2.25 bits per heavy atom. The lowest BCUT2D eigenvalue weighted by atomic mass is 9.95. The maximum Gasteiger partial charge on any atom is 0.0802 e. The second-order valence-electron chi connectivity index (χ2n) is 5.68. The molecule has 2 rings (SSSR count). The molecular weight excluding hydrogens is 274 g/mol. The Morgan fingerprint density at radius 3 is 3.00 bits per heavy atom. The fraction of sp³-hybridized carbons (Fsp3) is 0.625. The van der Waals surface area contributed by atoms with Crippen molar-refractivity contribution in [2.75, 3.05) is 26.2 Å². The highest BCUT2D eigenvalue weighted by Crippen LogP contribution is 2.23. The van der Waals surface area contributed by atoms with Gasteiger partial charge in [-0.25, -0.2) is 0 Å². The summed E-state index contributed by atoms with van der Waals surface area (Å²) in [6.07, 6.45) is 3.58. The van der Waals surface area contributed by atoms with Crippen molar-refractivity contribution in [2.24, 2.45) is 5.92 Å². The molecule has 0 aromatic heterocycles. The van der Waals surface area contributed by atoms with Gasteiger partial charge in [-0.1, -0.05) is 23.7 Å². The van der Waals surface area contributed by atoms with Crippen LogP contribution < -0.4 is 0 Å². The van der Waals surface area contributed by atoms with Crippen molar-refractivity contribution in [1.29, 1.82) is 0 Å². The largest absolute Gasteiger partial charge is 0.396 e. The number of hydrogen-bond donors (Lipinski definition) is 2. The molecule has 1 aromatic carbocycles. The first-order chi connectivity index (χ1) is 9.69. The lowest BCUT2D eigenvalue weighted by molar-refractivity contribution is 0.110. The van der Waals surface area contributed by atoms with Gasteiger partial charge in [-0.05, 0) is 55.8 Å². The van der Waals surface area contributed by atoms with Crippen molar-refractivity contribution in [3.8, 4) is 0 Å². The molecule has 112 valence electrons. The highest BCUT2D eigenvalue weighted by atomic mass is 35.5. The predicted molar refractivity (Wildman–Crippen MR) is 81.9 cm³/mol. The summed E-state index contributed by atoms with van der Waals surface area (Å²) >= 11 is 5.95. The van der Waals surface area contributed by atoms with Gasteiger partial charge in [0, 0.05) is 24.7 Å². The highest BCUT2D eigenvalue weighted by Gasteiger charge is 2.20. The zero-order valence-electron chi connectivity index (χ0n) is 11.8. The molecule has 1 saturated heterocycles. The summed E-state index contributed by atoms with van der Waals surface area (Å²) in [5.41, 5.74) is 0.890. The standard InChI is InChI=1S/C16H24ClNO2/c17-15-5-1-4-14(11-15)16(20)6-9-18-8-2-3-13(12-18)7-10-19/h1,4-5,11,13,16,19-20H,2-3,6-10,12H2. The Balaban J connectivity index is 1.79. The van der Waals surface area contributed by atoms with E-state index in [9.17, 15) is 5.11 Å². The van der Waals surface area contributed by atoms with E-state index < -0.39 is 6.10 Å². The molecule has 1 aliphatic heterocycles. The molecule has 1 heterocycles. The Kier molecular flexibility index (Phi) is 6.30. The van der Waals surface area contributed by atoms with Crippen LogP contribution in [-0.2, 0) is 0 Å². The van der Waals surface area contributed by atoms with Crippen LogP contribution >= 0.6 is 11.6 Å². The fourth-order valence-corrected chi connectivity index (χ4v) is 3.16. The number of aliphatic hydroxyl groups excluding tert-OH is 2. The van der Waals surface area contributed by atoms with E-state index in [0.29, 0.717) is 10.9 Å². The highest BCUT2D eigenvalue weighted by molar-refractivity contribution is 6.30. The van der Waals surface area contributed by atoms with Gasteiger partial charge in [-0.15, -0.1) is 0 Å². The zero-order chi connectivity index (χ0) is 14.4. The Morgan fingerprint density at radius 1 is 1.40 bits per heavy atom. The van der Waals surface area contributed by atoms with E-state index in [4.69, 9.17) is 16.7 Å².